The minimum Gasteiger partial charge on any atom is -0.445 e. The van der Waals surface area contributed by atoms with E-state index in [1.165, 1.54) is 6.92 Å². The number of rotatable bonds is 9. The highest BCUT2D eigenvalue weighted by Gasteiger charge is 2.25. The zero-order chi connectivity index (χ0) is 21.1. The molecule has 0 saturated heterocycles. The Labute approximate surface area is 168 Å². The number of hydrogen-bond acceptors (Lipinski definition) is 4. The van der Waals surface area contributed by atoms with Gasteiger partial charge < -0.3 is 20.9 Å². The molecule has 0 spiro atoms. The van der Waals surface area contributed by atoms with Crippen LogP contribution in [0.2, 0.25) is 0 Å². The zero-order valence-electron chi connectivity index (χ0n) is 15.9. The first-order valence-corrected chi connectivity index (χ1v) is 9.02. The van der Waals surface area contributed by atoms with E-state index >= 15 is 0 Å². The summed E-state index contributed by atoms with van der Waals surface area (Å²) in [6.07, 6.45) is 0.168. The number of ether oxygens (including phenoxy) is 1. The van der Waals surface area contributed by atoms with E-state index in [0.29, 0.717) is 6.21 Å². The summed E-state index contributed by atoms with van der Waals surface area (Å²) >= 11 is 0. The number of carbonyl (C=O) groups is 3. The van der Waals surface area contributed by atoms with Crippen LogP contribution in [-0.4, -0.2) is 40.9 Å². The largest absolute Gasteiger partial charge is 0.445 e. The van der Waals surface area contributed by atoms with Gasteiger partial charge in [-0.25, -0.2) is 4.79 Å². The molecule has 0 fully saturated rings. The fourth-order valence-corrected chi connectivity index (χ4v) is 2.52. The first-order chi connectivity index (χ1) is 14.0. The summed E-state index contributed by atoms with van der Waals surface area (Å²) in [5, 5.41) is 5.05. The van der Waals surface area contributed by atoms with E-state index in [2.05, 4.69) is 15.4 Å². The lowest BCUT2D eigenvalue weighted by molar-refractivity contribution is -0.127. The number of amides is 2. The van der Waals surface area contributed by atoms with Gasteiger partial charge >= 0.3 is 12.3 Å². The van der Waals surface area contributed by atoms with Gasteiger partial charge in [0.15, 0.2) is 0 Å². The monoisotopic (exact) mass is 394 g/mol. The SMILES string of the molecule is C[C@@H](NC(=O)[C@H](Cc1ccccc1)NC(=O)OCc1ccccc1)C(=O)C=[N+]=[N-]. The molecule has 0 radical (unpaired) electrons. The molecule has 2 aromatic rings. The summed E-state index contributed by atoms with van der Waals surface area (Å²) in [6.45, 7) is 1.52. The molecule has 0 aromatic heterocycles. The van der Waals surface area contributed by atoms with Crippen LogP contribution in [0.5, 0.6) is 0 Å². The van der Waals surface area contributed by atoms with Gasteiger partial charge in [0.1, 0.15) is 12.6 Å². The van der Waals surface area contributed by atoms with E-state index in [4.69, 9.17) is 10.3 Å². The summed E-state index contributed by atoms with van der Waals surface area (Å²) in [6, 6.07) is 16.4. The van der Waals surface area contributed by atoms with Crippen molar-refractivity contribution in [1.82, 2.24) is 10.6 Å². The Kier molecular flexibility index (Phi) is 8.28. The van der Waals surface area contributed by atoms with Gasteiger partial charge in [-0.1, -0.05) is 60.7 Å². The molecule has 2 rings (SSSR count). The van der Waals surface area contributed by atoms with E-state index in [-0.39, 0.29) is 13.0 Å². The number of carbonyl (C=O) groups excluding carboxylic acids is 3. The van der Waals surface area contributed by atoms with Crippen molar-refractivity contribution in [2.75, 3.05) is 0 Å². The Bertz CT molecular complexity index is 880. The normalized spacial score (nSPS) is 12.0. The van der Waals surface area contributed by atoms with Gasteiger partial charge in [0, 0.05) is 6.42 Å². The van der Waals surface area contributed by atoms with Gasteiger partial charge in [0.25, 0.3) is 5.78 Å². The van der Waals surface area contributed by atoms with Crippen LogP contribution in [0.1, 0.15) is 18.1 Å². The maximum atomic E-state index is 12.6. The van der Waals surface area contributed by atoms with E-state index in [0.717, 1.165) is 11.1 Å². The number of Topliss-reactive ketones (excluding diaryl/α,β-unsaturated/α-hetero) is 1. The molecule has 8 heteroatoms. The Morgan fingerprint density at radius 3 is 2.17 bits per heavy atom. The molecular formula is C21H22N4O4. The Hall–Kier alpha value is -3.77. The highest BCUT2D eigenvalue weighted by atomic mass is 16.5. The van der Waals surface area contributed by atoms with Crippen molar-refractivity contribution in [3.05, 3.63) is 77.3 Å². The molecule has 0 aliphatic carbocycles. The number of alkyl carbamates (subject to hydrolysis) is 1. The smallest absolute Gasteiger partial charge is 0.408 e. The molecule has 0 aliphatic rings. The van der Waals surface area contributed by atoms with Gasteiger partial charge in [-0.15, -0.1) is 0 Å². The van der Waals surface area contributed by atoms with E-state index in [1.54, 1.807) is 0 Å². The van der Waals surface area contributed by atoms with Gasteiger partial charge in [-0.2, -0.15) is 4.79 Å². The molecule has 0 heterocycles. The predicted molar refractivity (Wildman–Crippen MR) is 106 cm³/mol. The number of nitrogens with zero attached hydrogens (tertiary/aromatic N) is 2. The van der Waals surface area contributed by atoms with Crippen LogP contribution in [-0.2, 0) is 27.4 Å². The predicted octanol–water partition coefficient (Wildman–Crippen LogP) is 1.90. The van der Waals surface area contributed by atoms with Crippen LogP contribution in [0.25, 0.3) is 5.53 Å². The molecule has 0 saturated carbocycles. The molecule has 29 heavy (non-hydrogen) atoms. The number of nitrogens with one attached hydrogen (secondary N) is 2. The second kappa shape index (κ2) is 11.2. The molecule has 0 bridgehead atoms. The third-order valence-electron chi connectivity index (χ3n) is 4.07. The minimum absolute atomic E-state index is 0.0637. The maximum absolute atomic E-state index is 12.6. The molecule has 2 aromatic carbocycles. The average molecular weight is 394 g/mol. The van der Waals surface area contributed by atoms with Crippen molar-refractivity contribution in [3.63, 3.8) is 0 Å². The Balaban J connectivity index is 2.03. The standard InChI is InChI=1S/C21H22N4O4/c1-15(19(26)13-23-22)24-20(27)18(12-16-8-4-2-5-9-16)25-21(28)29-14-17-10-6-3-7-11-17/h2-11,13,15,18H,12,14H2,1H3,(H,24,27)(H,25,28)/t15-,18+/m1/s1. The third-order valence-corrected chi connectivity index (χ3v) is 4.07. The Morgan fingerprint density at radius 2 is 1.59 bits per heavy atom. The second-order valence-electron chi connectivity index (χ2n) is 6.33. The van der Waals surface area contributed by atoms with Crippen molar-refractivity contribution in [1.29, 1.82) is 0 Å². The van der Waals surface area contributed by atoms with E-state index < -0.39 is 29.9 Å². The molecule has 0 unspecified atom stereocenters. The molecule has 150 valence electrons. The number of hydrogen-bond donors (Lipinski definition) is 2. The van der Waals surface area contributed by atoms with E-state index in [1.807, 2.05) is 60.7 Å². The lowest BCUT2D eigenvalue weighted by atomic mass is 10.0. The first kappa shape index (κ1) is 21.5. The van der Waals surface area contributed by atoms with Crippen molar-refractivity contribution in [2.45, 2.75) is 32.0 Å². The number of benzene rings is 2. The van der Waals surface area contributed by atoms with Crippen LogP contribution in [0.3, 0.4) is 0 Å². The molecule has 2 amide bonds. The van der Waals surface area contributed by atoms with Gasteiger partial charge in [-0.3, -0.25) is 9.59 Å². The second-order valence-corrected chi connectivity index (χ2v) is 6.33. The van der Waals surface area contributed by atoms with Crippen LogP contribution in [0, 0.1) is 0 Å². The number of ketones is 1. The highest BCUT2D eigenvalue weighted by molar-refractivity contribution is 6.28. The van der Waals surface area contributed by atoms with Gasteiger partial charge in [-0.05, 0) is 18.1 Å². The molecule has 2 atom stereocenters. The van der Waals surface area contributed by atoms with Crippen LogP contribution in [0.4, 0.5) is 4.79 Å². The maximum Gasteiger partial charge on any atom is 0.408 e. The van der Waals surface area contributed by atoms with Gasteiger partial charge in [0.05, 0.1) is 6.04 Å². The fraction of sp³-hybridized carbons (Fsp3) is 0.238. The summed E-state index contributed by atoms with van der Waals surface area (Å²) < 4.78 is 5.19. The zero-order valence-corrected chi connectivity index (χ0v) is 15.9. The minimum atomic E-state index is -0.956. The highest BCUT2D eigenvalue weighted by Crippen LogP contribution is 2.06. The third kappa shape index (κ3) is 7.40. The van der Waals surface area contributed by atoms with Crippen LogP contribution in [0.15, 0.2) is 60.7 Å². The summed E-state index contributed by atoms with van der Waals surface area (Å²) in [7, 11) is 0. The van der Waals surface area contributed by atoms with Crippen LogP contribution < -0.4 is 10.6 Å². The molecule has 2 N–H and O–H groups in total. The Morgan fingerprint density at radius 1 is 1.00 bits per heavy atom. The lowest BCUT2D eigenvalue weighted by Gasteiger charge is -2.20. The molecule has 0 aliphatic heterocycles. The summed E-state index contributed by atoms with van der Waals surface area (Å²) in [4.78, 5) is 39.2. The quantitative estimate of drug-likeness (QED) is 0.383. The summed E-state index contributed by atoms with van der Waals surface area (Å²) in [5.41, 5.74) is 10.1. The van der Waals surface area contributed by atoms with E-state index in [9.17, 15) is 14.4 Å². The molecule has 8 nitrogen and oxygen atoms in total. The summed E-state index contributed by atoms with van der Waals surface area (Å²) in [5.74, 6) is -1.14. The average Bonchev–Trinajstić information content (AvgIpc) is 2.73. The van der Waals surface area contributed by atoms with Crippen molar-refractivity contribution >= 4 is 24.0 Å². The van der Waals surface area contributed by atoms with Crippen molar-refractivity contribution < 1.29 is 23.9 Å². The molecular weight excluding hydrogens is 372 g/mol. The topological polar surface area (TPSA) is 121 Å². The van der Waals surface area contributed by atoms with Crippen LogP contribution >= 0.6 is 0 Å². The van der Waals surface area contributed by atoms with Gasteiger partial charge in [0.2, 0.25) is 5.91 Å². The van der Waals surface area contributed by atoms with Crippen molar-refractivity contribution in [3.8, 4) is 0 Å². The fourth-order valence-electron chi connectivity index (χ4n) is 2.52. The van der Waals surface area contributed by atoms with Crippen molar-refractivity contribution in [2.24, 2.45) is 0 Å². The first-order valence-electron chi connectivity index (χ1n) is 9.02. The lowest BCUT2D eigenvalue weighted by Crippen LogP contribution is -2.52.